The Bertz CT molecular complexity index is 906. The smallest absolute Gasteiger partial charge is 0.311 e. The second-order valence-corrected chi connectivity index (χ2v) is 5.59. The van der Waals surface area contributed by atoms with Crippen LogP contribution in [0, 0.1) is 10.1 Å². The highest BCUT2D eigenvalue weighted by Gasteiger charge is 2.20. The fourth-order valence-corrected chi connectivity index (χ4v) is 2.57. The molecule has 0 aliphatic heterocycles. The summed E-state index contributed by atoms with van der Waals surface area (Å²) in [4.78, 5) is 23.4. The molecule has 3 rings (SSSR count). The van der Waals surface area contributed by atoms with Gasteiger partial charge in [-0.15, -0.1) is 0 Å². The van der Waals surface area contributed by atoms with Crippen molar-refractivity contribution in [2.45, 2.75) is 0 Å². The Morgan fingerprint density at radius 1 is 0.963 bits per heavy atom. The Balaban J connectivity index is 1.94. The number of hydrogen-bond donors (Lipinski definition) is 1. The monoisotopic (exact) mass is 363 g/mol. The summed E-state index contributed by atoms with van der Waals surface area (Å²) < 4.78 is 4.98. The maximum atomic E-state index is 12.8. The molecule has 0 fully saturated rings. The molecule has 0 unspecified atom stereocenters. The molecule has 0 aliphatic rings. The third-order valence-corrected chi connectivity index (χ3v) is 3.88. The van der Waals surface area contributed by atoms with E-state index in [2.05, 4.69) is 5.43 Å². The standard InChI is InChI=1S/C20H17N3O4/c1-27-19-13-12-15(14-18(19)23(25)26)20(24)21-22(16-8-4-2-5-9-16)17-10-6-3-7-11-17/h2-14H,1H3,(H,21,24). The molecule has 7 nitrogen and oxygen atoms in total. The number of amides is 1. The summed E-state index contributed by atoms with van der Waals surface area (Å²) in [6.07, 6.45) is 0. The van der Waals surface area contributed by atoms with Crippen molar-refractivity contribution in [2.24, 2.45) is 0 Å². The molecular weight excluding hydrogens is 346 g/mol. The summed E-state index contributed by atoms with van der Waals surface area (Å²) in [5, 5.41) is 12.8. The van der Waals surface area contributed by atoms with Crippen LogP contribution < -0.4 is 15.2 Å². The van der Waals surface area contributed by atoms with Gasteiger partial charge in [0.2, 0.25) is 0 Å². The normalized spacial score (nSPS) is 10.1. The zero-order valence-electron chi connectivity index (χ0n) is 14.5. The SMILES string of the molecule is COc1ccc(C(=O)NN(c2ccccc2)c2ccccc2)cc1[N+](=O)[O-]. The van der Waals surface area contributed by atoms with Crippen molar-refractivity contribution in [2.75, 3.05) is 12.1 Å². The van der Waals surface area contributed by atoms with Crippen LogP contribution in [0.3, 0.4) is 0 Å². The Morgan fingerprint density at radius 3 is 2.00 bits per heavy atom. The van der Waals surface area contributed by atoms with Crippen LogP contribution in [0.25, 0.3) is 0 Å². The van der Waals surface area contributed by atoms with Crippen molar-refractivity contribution in [3.05, 3.63) is 94.5 Å². The summed E-state index contributed by atoms with van der Waals surface area (Å²) in [5.41, 5.74) is 4.19. The van der Waals surface area contributed by atoms with E-state index in [0.717, 1.165) is 11.4 Å². The van der Waals surface area contributed by atoms with Crippen molar-refractivity contribution in [1.82, 2.24) is 5.43 Å². The summed E-state index contributed by atoms with van der Waals surface area (Å²) in [5.74, 6) is -0.381. The Hall–Kier alpha value is -3.87. The number of ether oxygens (including phenoxy) is 1. The first-order valence-electron chi connectivity index (χ1n) is 8.14. The number of carbonyl (C=O) groups excluding carboxylic acids is 1. The van der Waals surface area contributed by atoms with Gasteiger partial charge in [0.05, 0.1) is 23.4 Å². The quantitative estimate of drug-likeness (QED) is 0.527. The van der Waals surface area contributed by atoms with Gasteiger partial charge in [0, 0.05) is 11.6 Å². The van der Waals surface area contributed by atoms with E-state index in [1.165, 1.54) is 25.3 Å². The Kier molecular flexibility index (Phi) is 5.32. The molecule has 0 aromatic heterocycles. The molecule has 27 heavy (non-hydrogen) atoms. The average molecular weight is 363 g/mol. The summed E-state index contributed by atoms with van der Waals surface area (Å²) in [6, 6.07) is 22.7. The van der Waals surface area contributed by atoms with Gasteiger partial charge in [0.15, 0.2) is 5.75 Å². The van der Waals surface area contributed by atoms with Gasteiger partial charge in [-0.25, -0.2) is 0 Å². The van der Waals surface area contributed by atoms with Crippen molar-refractivity contribution in [3.8, 4) is 5.75 Å². The first-order valence-corrected chi connectivity index (χ1v) is 8.14. The zero-order chi connectivity index (χ0) is 19.2. The molecule has 1 N–H and O–H groups in total. The number of hydrogen-bond acceptors (Lipinski definition) is 5. The number of rotatable bonds is 6. The Labute approximate surface area is 155 Å². The van der Waals surface area contributed by atoms with E-state index in [-0.39, 0.29) is 17.0 Å². The number of nitro groups is 1. The molecule has 3 aromatic carbocycles. The van der Waals surface area contributed by atoms with Crippen LogP contribution >= 0.6 is 0 Å². The van der Waals surface area contributed by atoms with Crippen LogP contribution in [0.5, 0.6) is 5.75 Å². The average Bonchev–Trinajstić information content (AvgIpc) is 2.72. The fourth-order valence-electron chi connectivity index (χ4n) is 2.57. The van der Waals surface area contributed by atoms with Crippen molar-refractivity contribution in [3.63, 3.8) is 0 Å². The van der Waals surface area contributed by atoms with E-state index in [1.807, 2.05) is 60.7 Å². The second-order valence-electron chi connectivity index (χ2n) is 5.59. The minimum Gasteiger partial charge on any atom is -0.490 e. The third kappa shape index (κ3) is 4.04. The predicted octanol–water partition coefficient (Wildman–Crippen LogP) is 4.09. The first kappa shape index (κ1) is 17.9. The molecule has 1 amide bonds. The number of nitrogens with one attached hydrogen (secondary N) is 1. The summed E-state index contributed by atoms with van der Waals surface area (Å²) in [6.45, 7) is 0. The van der Waals surface area contributed by atoms with Crippen LogP contribution in [0.4, 0.5) is 17.1 Å². The fraction of sp³-hybridized carbons (Fsp3) is 0.0500. The lowest BCUT2D eigenvalue weighted by Crippen LogP contribution is -2.38. The lowest BCUT2D eigenvalue weighted by Gasteiger charge is -2.25. The van der Waals surface area contributed by atoms with Gasteiger partial charge in [0.1, 0.15) is 0 Å². The van der Waals surface area contributed by atoms with E-state index in [4.69, 9.17) is 4.74 Å². The van der Waals surface area contributed by atoms with E-state index in [0.29, 0.717) is 0 Å². The van der Waals surface area contributed by atoms with E-state index >= 15 is 0 Å². The number of nitro benzene ring substituents is 1. The van der Waals surface area contributed by atoms with Gasteiger partial charge < -0.3 is 4.74 Å². The molecule has 0 heterocycles. The number of methoxy groups -OCH3 is 1. The lowest BCUT2D eigenvalue weighted by molar-refractivity contribution is -0.385. The molecule has 3 aromatic rings. The highest BCUT2D eigenvalue weighted by Crippen LogP contribution is 2.28. The molecule has 7 heteroatoms. The number of hydrazine groups is 1. The van der Waals surface area contributed by atoms with E-state index < -0.39 is 10.8 Å². The van der Waals surface area contributed by atoms with Crippen LogP contribution in [0.15, 0.2) is 78.9 Å². The molecule has 0 bridgehead atoms. The highest BCUT2D eigenvalue weighted by atomic mass is 16.6. The Morgan fingerprint density at radius 2 is 1.52 bits per heavy atom. The second kappa shape index (κ2) is 8.01. The maximum absolute atomic E-state index is 12.8. The molecule has 136 valence electrons. The van der Waals surface area contributed by atoms with Gasteiger partial charge in [-0.3, -0.25) is 25.3 Å². The van der Waals surface area contributed by atoms with Gasteiger partial charge in [-0.1, -0.05) is 36.4 Å². The molecule has 0 saturated heterocycles. The highest BCUT2D eigenvalue weighted by molar-refractivity contribution is 5.97. The first-order chi connectivity index (χ1) is 13.1. The van der Waals surface area contributed by atoms with E-state index in [1.54, 1.807) is 5.01 Å². The number of para-hydroxylation sites is 2. The van der Waals surface area contributed by atoms with Crippen molar-refractivity contribution in [1.29, 1.82) is 0 Å². The molecular formula is C20H17N3O4. The molecule has 0 spiro atoms. The van der Waals surface area contributed by atoms with Gasteiger partial charge >= 0.3 is 5.69 Å². The molecule has 0 aliphatic carbocycles. The predicted molar refractivity (Wildman–Crippen MR) is 102 cm³/mol. The van der Waals surface area contributed by atoms with E-state index in [9.17, 15) is 14.9 Å². The number of carbonyl (C=O) groups is 1. The van der Waals surface area contributed by atoms with Gasteiger partial charge in [0.25, 0.3) is 5.91 Å². The molecule has 0 atom stereocenters. The van der Waals surface area contributed by atoms with Crippen LogP contribution in [-0.2, 0) is 0 Å². The summed E-state index contributed by atoms with van der Waals surface area (Å²) in [7, 11) is 1.34. The minimum absolute atomic E-state index is 0.0968. The lowest BCUT2D eigenvalue weighted by atomic mass is 10.1. The zero-order valence-corrected chi connectivity index (χ0v) is 14.5. The minimum atomic E-state index is -0.582. The van der Waals surface area contributed by atoms with Crippen LogP contribution in [0.1, 0.15) is 10.4 Å². The van der Waals surface area contributed by atoms with Crippen LogP contribution in [-0.4, -0.2) is 17.9 Å². The number of anilines is 2. The van der Waals surface area contributed by atoms with Crippen molar-refractivity contribution >= 4 is 23.0 Å². The van der Waals surface area contributed by atoms with Crippen molar-refractivity contribution < 1.29 is 14.5 Å². The maximum Gasteiger partial charge on any atom is 0.311 e. The molecule has 0 radical (unpaired) electrons. The molecule has 0 saturated carbocycles. The number of benzene rings is 3. The topological polar surface area (TPSA) is 84.7 Å². The summed E-state index contributed by atoms with van der Waals surface area (Å²) >= 11 is 0. The van der Waals surface area contributed by atoms with Gasteiger partial charge in [-0.05, 0) is 36.4 Å². The van der Waals surface area contributed by atoms with Crippen LogP contribution in [0.2, 0.25) is 0 Å². The largest absolute Gasteiger partial charge is 0.490 e. The number of nitrogens with zero attached hydrogens (tertiary/aromatic N) is 2. The van der Waals surface area contributed by atoms with Gasteiger partial charge in [-0.2, -0.15) is 0 Å². The third-order valence-electron chi connectivity index (χ3n) is 3.88.